The molecule has 2 saturated heterocycles. The van der Waals surface area contributed by atoms with E-state index < -0.39 is 41.4 Å². The van der Waals surface area contributed by atoms with E-state index >= 15 is 0 Å². The van der Waals surface area contributed by atoms with E-state index in [-0.39, 0.29) is 17.4 Å². The topological polar surface area (TPSA) is 146 Å². The smallest absolute Gasteiger partial charge is 0.323 e. The van der Waals surface area contributed by atoms with Gasteiger partial charge in [0.15, 0.2) is 6.61 Å². The molecule has 0 aliphatic carbocycles. The molecule has 184 valence electrons. The number of morpholine rings is 1. The van der Waals surface area contributed by atoms with Crippen LogP contribution >= 0.6 is 23.1 Å². The molecule has 3 aliphatic rings. The Morgan fingerprint density at radius 1 is 1.14 bits per heavy atom. The van der Waals surface area contributed by atoms with Crippen molar-refractivity contribution in [1.82, 2.24) is 14.8 Å². The second-order valence-electron chi connectivity index (χ2n) is 8.23. The van der Waals surface area contributed by atoms with Crippen LogP contribution in [0.25, 0.3) is 0 Å². The number of carbonyl (C=O) groups is 4. The Balaban J connectivity index is 1.49. The molecule has 0 saturated carbocycles. The van der Waals surface area contributed by atoms with Crippen LogP contribution in [0.5, 0.6) is 5.75 Å². The van der Waals surface area contributed by atoms with Crippen molar-refractivity contribution >= 4 is 46.8 Å². The van der Waals surface area contributed by atoms with Gasteiger partial charge in [0.25, 0.3) is 5.91 Å². The monoisotopic (exact) mass is 519 g/mol. The van der Waals surface area contributed by atoms with Crippen molar-refractivity contribution in [2.75, 3.05) is 39.5 Å². The number of fused-ring (bicyclic) bond motifs is 2. The lowest BCUT2D eigenvalue weighted by Gasteiger charge is -2.31. The number of nitrogens with one attached hydrogen (secondary N) is 1. The van der Waals surface area contributed by atoms with E-state index in [1.807, 2.05) is 0 Å². The number of likely N-dealkylation sites (tertiary alicyclic amines) is 1. The summed E-state index contributed by atoms with van der Waals surface area (Å²) in [4.78, 5) is 67.8. The number of thiazole rings is 1. The van der Waals surface area contributed by atoms with E-state index in [1.54, 1.807) is 29.2 Å². The number of H-pyrrole nitrogens is 1. The molecule has 2 fully saturated rings. The molecule has 2 N–H and O–H groups in total. The van der Waals surface area contributed by atoms with Crippen molar-refractivity contribution in [1.29, 1.82) is 0 Å². The number of carboxylic acids is 1. The first kappa shape index (κ1) is 23.6. The van der Waals surface area contributed by atoms with E-state index in [9.17, 15) is 29.1 Å². The summed E-state index contributed by atoms with van der Waals surface area (Å²) in [6.07, 6.45) is 0. The molecule has 11 nitrogen and oxygen atoms in total. The van der Waals surface area contributed by atoms with Gasteiger partial charge in [-0.25, -0.2) is 0 Å². The molecule has 0 spiro atoms. The van der Waals surface area contributed by atoms with E-state index in [2.05, 4.69) is 4.98 Å². The number of ether oxygens (including phenoxy) is 2. The Kier molecular flexibility index (Phi) is 6.38. The van der Waals surface area contributed by atoms with Gasteiger partial charge in [0, 0.05) is 29.4 Å². The minimum atomic E-state index is -1.29. The molecule has 3 amide bonds. The maximum Gasteiger partial charge on any atom is 0.323 e. The molecule has 2 aromatic rings. The molecular weight excluding hydrogens is 498 g/mol. The van der Waals surface area contributed by atoms with Gasteiger partial charge in [-0.2, -0.15) is 0 Å². The average molecular weight is 520 g/mol. The predicted molar refractivity (Wildman–Crippen MR) is 124 cm³/mol. The number of imide groups is 1. The zero-order valence-corrected chi connectivity index (χ0v) is 19.9. The number of rotatable bonds is 6. The Hall–Kier alpha value is -3.16. The van der Waals surface area contributed by atoms with Crippen LogP contribution in [-0.4, -0.2) is 88.3 Å². The number of benzene rings is 1. The predicted octanol–water partition coefficient (Wildman–Crippen LogP) is 0.350. The average Bonchev–Trinajstić information content (AvgIpc) is 3.33. The Morgan fingerprint density at radius 3 is 2.63 bits per heavy atom. The Bertz CT molecular complexity index is 1250. The van der Waals surface area contributed by atoms with Gasteiger partial charge in [-0.15, -0.1) is 0 Å². The summed E-state index contributed by atoms with van der Waals surface area (Å²) < 4.78 is 11.2. The quantitative estimate of drug-likeness (QED) is 0.516. The standard InChI is InChI=1S/C22H21N3O8S2/c26-13(24-5-7-32-8-6-24)10-33-12-4-2-1-3-11(12)15-16-18(34-19-17(15)35-22(31)23-19)21(30)25(20(16)29)9-14(27)28/h1-4,15-16,18H,5-10H2,(H,23,31)(H,27,28)/t15-,16?,18?/m0/s1. The highest BCUT2D eigenvalue weighted by atomic mass is 32.2. The molecule has 5 rings (SSSR count). The van der Waals surface area contributed by atoms with Crippen LogP contribution in [0.15, 0.2) is 34.1 Å². The van der Waals surface area contributed by atoms with Gasteiger partial charge in [0.05, 0.1) is 24.2 Å². The van der Waals surface area contributed by atoms with E-state index in [0.29, 0.717) is 47.5 Å². The fraction of sp³-hybridized carbons (Fsp3) is 0.409. The highest BCUT2D eigenvalue weighted by molar-refractivity contribution is 8.00. The van der Waals surface area contributed by atoms with Crippen LogP contribution in [0, 0.1) is 5.92 Å². The van der Waals surface area contributed by atoms with Crippen molar-refractivity contribution in [2.45, 2.75) is 16.2 Å². The molecule has 1 aromatic carbocycles. The number of aromatic amines is 1. The summed E-state index contributed by atoms with van der Waals surface area (Å²) in [5, 5.41) is 8.80. The van der Waals surface area contributed by atoms with Crippen molar-refractivity contribution in [3.8, 4) is 5.75 Å². The lowest BCUT2D eigenvalue weighted by molar-refractivity contribution is -0.149. The van der Waals surface area contributed by atoms with Gasteiger partial charge in [0.2, 0.25) is 11.8 Å². The van der Waals surface area contributed by atoms with E-state index in [4.69, 9.17) is 9.47 Å². The SMILES string of the molecule is O=C(O)CN1C(=O)C2Sc3[nH]c(=O)sc3[C@@H](c3ccccc3OCC(=O)N3CCOCC3)C2C1=O. The van der Waals surface area contributed by atoms with Crippen LogP contribution in [0.1, 0.15) is 16.4 Å². The Morgan fingerprint density at radius 2 is 1.89 bits per heavy atom. The first-order chi connectivity index (χ1) is 16.8. The minimum absolute atomic E-state index is 0.202. The highest BCUT2D eigenvalue weighted by Crippen LogP contribution is 2.53. The van der Waals surface area contributed by atoms with Gasteiger partial charge in [0.1, 0.15) is 17.5 Å². The zero-order valence-electron chi connectivity index (χ0n) is 18.3. The number of carbonyl (C=O) groups excluding carboxylic acids is 3. The fourth-order valence-corrected chi connectivity index (χ4v) is 7.14. The normalized spacial score (nSPS) is 23.7. The van der Waals surface area contributed by atoms with Crippen LogP contribution in [0.2, 0.25) is 0 Å². The fourth-order valence-electron chi connectivity index (χ4n) is 4.61. The zero-order chi connectivity index (χ0) is 24.7. The van der Waals surface area contributed by atoms with Gasteiger partial charge in [-0.05, 0) is 6.07 Å². The summed E-state index contributed by atoms with van der Waals surface area (Å²) in [6, 6.07) is 6.88. The maximum absolute atomic E-state index is 13.3. The molecule has 0 radical (unpaired) electrons. The molecular formula is C22H21N3O8S2. The van der Waals surface area contributed by atoms with Gasteiger partial charge in [-0.3, -0.25) is 28.9 Å². The third-order valence-corrected chi connectivity index (χ3v) is 8.58. The summed E-state index contributed by atoms with van der Waals surface area (Å²) in [5.41, 5.74) is 0.549. The molecule has 0 bridgehead atoms. The van der Waals surface area contributed by atoms with Crippen molar-refractivity contribution in [3.05, 3.63) is 44.4 Å². The number of aliphatic carboxylic acids is 1. The number of hydrogen-bond acceptors (Lipinski definition) is 9. The lowest BCUT2D eigenvalue weighted by Crippen LogP contribution is -2.43. The number of amides is 3. The molecule has 2 unspecified atom stereocenters. The minimum Gasteiger partial charge on any atom is -0.483 e. The Labute approximate surface area is 207 Å². The number of carboxylic acid groups (broad SMARTS) is 1. The second-order valence-corrected chi connectivity index (χ2v) is 10.4. The van der Waals surface area contributed by atoms with Crippen LogP contribution in [0.4, 0.5) is 0 Å². The summed E-state index contributed by atoms with van der Waals surface area (Å²) >= 11 is 2.01. The second kappa shape index (κ2) is 9.47. The lowest BCUT2D eigenvalue weighted by atomic mass is 9.82. The number of para-hydroxylation sites is 1. The van der Waals surface area contributed by atoms with Crippen molar-refractivity contribution in [3.63, 3.8) is 0 Å². The van der Waals surface area contributed by atoms with Gasteiger partial charge < -0.3 is 24.5 Å². The summed E-state index contributed by atoms with van der Waals surface area (Å²) in [7, 11) is 0. The first-order valence-electron chi connectivity index (χ1n) is 10.9. The number of hydrogen-bond donors (Lipinski definition) is 2. The van der Waals surface area contributed by atoms with Gasteiger partial charge in [-0.1, -0.05) is 41.3 Å². The molecule has 3 aliphatic heterocycles. The first-order valence-corrected chi connectivity index (χ1v) is 12.6. The van der Waals surface area contributed by atoms with Crippen molar-refractivity contribution in [2.24, 2.45) is 5.92 Å². The number of thioether (sulfide) groups is 1. The summed E-state index contributed by atoms with van der Waals surface area (Å²) in [5.74, 6) is -3.97. The molecule has 35 heavy (non-hydrogen) atoms. The highest BCUT2D eigenvalue weighted by Gasteiger charge is 2.56. The third-order valence-electron chi connectivity index (χ3n) is 6.18. The maximum atomic E-state index is 13.3. The summed E-state index contributed by atoms with van der Waals surface area (Å²) in [6.45, 7) is 0.927. The molecule has 13 heteroatoms. The van der Waals surface area contributed by atoms with Crippen LogP contribution < -0.4 is 9.61 Å². The van der Waals surface area contributed by atoms with E-state index in [0.717, 1.165) is 28.0 Å². The number of aromatic nitrogens is 1. The third kappa shape index (κ3) is 4.34. The van der Waals surface area contributed by atoms with Crippen LogP contribution in [-0.2, 0) is 23.9 Å². The molecule has 3 atom stereocenters. The van der Waals surface area contributed by atoms with Crippen molar-refractivity contribution < 1.29 is 33.8 Å². The van der Waals surface area contributed by atoms with Crippen LogP contribution in [0.3, 0.4) is 0 Å². The molecule has 4 heterocycles. The van der Waals surface area contributed by atoms with E-state index in [1.165, 1.54) is 0 Å². The van der Waals surface area contributed by atoms with Gasteiger partial charge >= 0.3 is 10.8 Å². The molecule has 1 aromatic heterocycles. The number of nitrogens with zero attached hydrogens (tertiary/aromatic N) is 2. The largest absolute Gasteiger partial charge is 0.483 e.